The Labute approximate surface area is 152 Å². The van der Waals surface area contributed by atoms with Gasteiger partial charge in [0, 0.05) is 46.3 Å². The molecule has 1 N–H and O–H groups in total. The molecule has 1 aromatic carbocycles. The molecule has 0 radical (unpaired) electrons. The molecule has 1 saturated heterocycles. The predicted octanol–water partition coefficient (Wildman–Crippen LogP) is 2.80. The first kappa shape index (κ1) is 19.2. The third-order valence-corrected chi connectivity index (χ3v) is 3.90. The standard InChI is InChI=1S/C17H28N4.HI/c1-4-18-17(20(2)3)19-16-10-12-21(13-11-16)14-15-8-6-5-7-9-15;/h5-9,16H,4,10-14H2,1-3H3,(H,18,19);1H. The average molecular weight is 416 g/mol. The number of piperidine rings is 1. The van der Waals surface area contributed by atoms with Crippen LogP contribution in [0.2, 0.25) is 0 Å². The summed E-state index contributed by atoms with van der Waals surface area (Å²) in [6, 6.07) is 11.3. The van der Waals surface area contributed by atoms with Crippen LogP contribution in [0.15, 0.2) is 35.3 Å². The lowest BCUT2D eigenvalue weighted by atomic mass is 10.0. The average Bonchev–Trinajstić information content (AvgIpc) is 2.49. The molecule has 0 atom stereocenters. The van der Waals surface area contributed by atoms with Crippen LogP contribution < -0.4 is 5.32 Å². The normalized spacial score (nSPS) is 17.0. The van der Waals surface area contributed by atoms with Gasteiger partial charge in [0.05, 0.1) is 0 Å². The fourth-order valence-corrected chi connectivity index (χ4v) is 2.73. The van der Waals surface area contributed by atoms with Gasteiger partial charge in [-0.05, 0) is 25.3 Å². The molecule has 22 heavy (non-hydrogen) atoms. The van der Waals surface area contributed by atoms with Gasteiger partial charge in [-0.2, -0.15) is 0 Å². The minimum absolute atomic E-state index is 0. The number of halogens is 1. The van der Waals surface area contributed by atoms with E-state index in [-0.39, 0.29) is 24.0 Å². The van der Waals surface area contributed by atoms with Gasteiger partial charge in [-0.15, -0.1) is 24.0 Å². The van der Waals surface area contributed by atoms with Gasteiger partial charge in [0.1, 0.15) is 0 Å². The maximum Gasteiger partial charge on any atom is 0.193 e. The van der Waals surface area contributed by atoms with Crippen molar-refractivity contribution in [1.82, 2.24) is 15.1 Å². The Morgan fingerprint density at radius 2 is 1.86 bits per heavy atom. The van der Waals surface area contributed by atoms with E-state index in [2.05, 4.69) is 57.4 Å². The first-order valence-corrected chi connectivity index (χ1v) is 7.93. The zero-order valence-electron chi connectivity index (χ0n) is 14.0. The van der Waals surface area contributed by atoms with Crippen LogP contribution in [-0.4, -0.2) is 55.5 Å². The number of nitrogens with one attached hydrogen (secondary N) is 1. The van der Waals surface area contributed by atoms with Crippen molar-refractivity contribution in [2.24, 2.45) is 4.99 Å². The van der Waals surface area contributed by atoms with Crippen molar-refractivity contribution >= 4 is 29.9 Å². The van der Waals surface area contributed by atoms with Crippen LogP contribution in [0.5, 0.6) is 0 Å². The fourth-order valence-electron chi connectivity index (χ4n) is 2.73. The quantitative estimate of drug-likeness (QED) is 0.465. The molecular formula is C17H29IN4. The molecule has 1 aromatic rings. The van der Waals surface area contributed by atoms with Gasteiger partial charge in [0.15, 0.2) is 5.96 Å². The Morgan fingerprint density at radius 1 is 1.23 bits per heavy atom. The lowest BCUT2D eigenvalue weighted by Gasteiger charge is -2.34. The Hall–Kier alpha value is -0.820. The maximum absolute atomic E-state index is 4.52. The van der Waals surface area contributed by atoms with Crippen LogP contribution in [0.25, 0.3) is 0 Å². The third kappa shape index (κ3) is 6.12. The summed E-state index contributed by atoms with van der Waals surface area (Å²) in [5.74, 6) is 1.01. The van der Waals surface area contributed by atoms with E-state index in [1.54, 1.807) is 0 Å². The van der Waals surface area contributed by atoms with Crippen LogP contribution in [0, 0.1) is 0 Å². The summed E-state index contributed by atoms with van der Waals surface area (Å²) in [4.78, 5) is 9.13. The molecular weight excluding hydrogens is 387 g/mol. The Kier molecular flexibility index (Phi) is 8.78. The van der Waals surface area contributed by atoms with Crippen molar-refractivity contribution in [1.29, 1.82) is 0 Å². The number of aliphatic imine (C=N–C) groups is 1. The highest BCUT2D eigenvalue weighted by molar-refractivity contribution is 14.0. The van der Waals surface area contributed by atoms with Crippen LogP contribution in [0.3, 0.4) is 0 Å². The molecule has 1 fully saturated rings. The molecule has 1 aliphatic rings. The molecule has 0 saturated carbocycles. The van der Waals surface area contributed by atoms with E-state index in [1.165, 1.54) is 18.4 Å². The van der Waals surface area contributed by atoms with Gasteiger partial charge in [0.25, 0.3) is 0 Å². The highest BCUT2D eigenvalue weighted by Gasteiger charge is 2.20. The van der Waals surface area contributed by atoms with E-state index in [0.717, 1.165) is 32.1 Å². The molecule has 0 spiro atoms. The smallest absolute Gasteiger partial charge is 0.193 e. The number of nitrogens with zero attached hydrogens (tertiary/aromatic N) is 3. The predicted molar refractivity (Wildman–Crippen MR) is 105 cm³/mol. The molecule has 0 aliphatic carbocycles. The molecule has 1 heterocycles. The number of likely N-dealkylation sites (tertiary alicyclic amines) is 1. The minimum atomic E-state index is 0. The number of guanidine groups is 1. The van der Waals surface area contributed by atoms with Gasteiger partial charge in [-0.3, -0.25) is 9.89 Å². The van der Waals surface area contributed by atoms with Gasteiger partial charge in [-0.25, -0.2) is 0 Å². The summed E-state index contributed by atoms with van der Waals surface area (Å²) in [5, 5.41) is 3.59. The Bertz CT molecular complexity index is 439. The largest absolute Gasteiger partial charge is 0.353 e. The lowest BCUT2D eigenvalue weighted by Crippen LogP contribution is -2.48. The number of benzene rings is 1. The Morgan fingerprint density at radius 3 is 2.41 bits per heavy atom. The van der Waals surface area contributed by atoms with Crippen molar-refractivity contribution in [3.05, 3.63) is 35.9 Å². The van der Waals surface area contributed by atoms with Crippen molar-refractivity contribution in [2.45, 2.75) is 32.4 Å². The summed E-state index contributed by atoms with van der Waals surface area (Å²) in [5.41, 5.74) is 1.41. The van der Waals surface area contributed by atoms with E-state index in [0.29, 0.717) is 6.04 Å². The summed E-state index contributed by atoms with van der Waals surface area (Å²) >= 11 is 0. The van der Waals surface area contributed by atoms with Gasteiger partial charge < -0.3 is 10.2 Å². The van der Waals surface area contributed by atoms with Gasteiger partial charge in [-0.1, -0.05) is 30.3 Å². The van der Waals surface area contributed by atoms with Crippen molar-refractivity contribution < 1.29 is 0 Å². The van der Waals surface area contributed by atoms with E-state index in [9.17, 15) is 0 Å². The van der Waals surface area contributed by atoms with E-state index in [4.69, 9.17) is 0 Å². The van der Waals surface area contributed by atoms with Crippen LogP contribution in [-0.2, 0) is 6.54 Å². The lowest BCUT2D eigenvalue weighted by molar-refractivity contribution is 0.197. The number of rotatable bonds is 4. The van der Waals surface area contributed by atoms with Crippen molar-refractivity contribution in [2.75, 3.05) is 33.7 Å². The second-order valence-electron chi connectivity index (χ2n) is 5.87. The monoisotopic (exact) mass is 416 g/mol. The van der Waals surface area contributed by atoms with Gasteiger partial charge in [0.2, 0.25) is 0 Å². The van der Waals surface area contributed by atoms with Crippen LogP contribution in [0.1, 0.15) is 25.3 Å². The SMILES string of the molecule is CCN=C(NC1CCN(Cc2ccccc2)CC1)N(C)C.I. The summed E-state index contributed by atoms with van der Waals surface area (Å²) in [7, 11) is 4.10. The maximum atomic E-state index is 4.52. The van der Waals surface area contributed by atoms with E-state index in [1.807, 2.05) is 14.1 Å². The number of hydrogen-bond acceptors (Lipinski definition) is 2. The molecule has 124 valence electrons. The molecule has 0 bridgehead atoms. The summed E-state index contributed by atoms with van der Waals surface area (Å²) in [6.45, 7) is 6.27. The van der Waals surface area contributed by atoms with Crippen molar-refractivity contribution in [3.63, 3.8) is 0 Å². The second kappa shape index (κ2) is 10.0. The van der Waals surface area contributed by atoms with Crippen molar-refractivity contribution in [3.8, 4) is 0 Å². The molecule has 1 aliphatic heterocycles. The molecule has 0 amide bonds. The zero-order valence-corrected chi connectivity index (χ0v) is 16.3. The second-order valence-corrected chi connectivity index (χ2v) is 5.87. The molecule has 5 heteroatoms. The highest BCUT2D eigenvalue weighted by atomic mass is 127. The molecule has 0 aromatic heterocycles. The number of hydrogen-bond donors (Lipinski definition) is 1. The molecule has 0 unspecified atom stereocenters. The molecule has 4 nitrogen and oxygen atoms in total. The topological polar surface area (TPSA) is 30.9 Å². The first-order valence-electron chi connectivity index (χ1n) is 7.93. The first-order chi connectivity index (χ1) is 10.2. The van der Waals surface area contributed by atoms with E-state index >= 15 is 0 Å². The highest BCUT2D eigenvalue weighted by Crippen LogP contribution is 2.14. The van der Waals surface area contributed by atoms with E-state index < -0.39 is 0 Å². The summed E-state index contributed by atoms with van der Waals surface area (Å²) < 4.78 is 0. The molecule has 2 rings (SSSR count). The zero-order chi connectivity index (χ0) is 15.1. The van der Waals surface area contributed by atoms with Gasteiger partial charge >= 0.3 is 0 Å². The summed E-state index contributed by atoms with van der Waals surface area (Å²) in [6.07, 6.45) is 2.37. The fraction of sp³-hybridized carbons (Fsp3) is 0.588. The van der Waals surface area contributed by atoms with Crippen LogP contribution in [0.4, 0.5) is 0 Å². The Balaban J connectivity index is 0.00000242. The van der Waals surface area contributed by atoms with Crippen LogP contribution >= 0.6 is 24.0 Å². The minimum Gasteiger partial charge on any atom is -0.353 e. The third-order valence-electron chi connectivity index (χ3n) is 3.90.